The van der Waals surface area contributed by atoms with Crippen molar-refractivity contribution in [1.29, 1.82) is 0 Å². The summed E-state index contributed by atoms with van der Waals surface area (Å²) in [7, 11) is 3.81. The number of aromatic nitrogens is 2. The van der Waals surface area contributed by atoms with Crippen LogP contribution in [0.2, 0.25) is 5.15 Å². The number of hydrogen-bond acceptors (Lipinski definition) is 3. The fourth-order valence-corrected chi connectivity index (χ4v) is 2.73. The van der Waals surface area contributed by atoms with Gasteiger partial charge in [0.25, 0.3) is 0 Å². The van der Waals surface area contributed by atoms with Gasteiger partial charge in [-0.3, -0.25) is 4.68 Å². The first-order valence-electron chi connectivity index (χ1n) is 6.36. The lowest BCUT2D eigenvalue weighted by molar-refractivity contribution is 0.490. The van der Waals surface area contributed by atoms with Crippen molar-refractivity contribution in [2.75, 3.05) is 7.05 Å². The molecule has 104 valence electrons. The Morgan fingerprint density at radius 3 is 2.53 bits per heavy atom. The van der Waals surface area contributed by atoms with Gasteiger partial charge in [-0.1, -0.05) is 11.6 Å². The highest BCUT2D eigenvalue weighted by atomic mass is 35.5. The van der Waals surface area contributed by atoms with Crippen molar-refractivity contribution in [2.45, 2.75) is 33.2 Å². The lowest BCUT2D eigenvalue weighted by Crippen LogP contribution is -2.19. The molecule has 1 N–H and O–H groups in total. The summed E-state index contributed by atoms with van der Waals surface area (Å²) in [5.74, 6) is 1.89. The van der Waals surface area contributed by atoms with E-state index in [1.54, 1.807) is 4.68 Å². The Morgan fingerprint density at radius 1 is 1.42 bits per heavy atom. The second kappa shape index (κ2) is 5.39. The van der Waals surface area contributed by atoms with E-state index >= 15 is 0 Å². The van der Waals surface area contributed by atoms with Crippen LogP contribution in [0.5, 0.6) is 0 Å². The minimum absolute atomic E-state index is 0.179. The summed E-state index contributed by atoms with van der Waals surface area (Å²) in [5.41, 5.74) is 3.24. The zero-order chi connectivity index (χ0) is 14.2. The average molecular weight is 282 g/mol. The van der Waals surface area contributed by atoms with Gasteiger partial charge < -0.3 is 9.73 Å². The van der Waals surface area contributed by atoms with Gasteiger partial charge in [-0.25, -0.2) is 0 Å². The van der Waals surface area contributed by atoms with Crippen LogP contribution in [-0.2, 0) is 13.5 Å². The zero-order valence-corrected chi connectivity index (χ0v) is 12.8. The number of aryl methyl sites for hydroxylation is 4. The molecule has 0 aliphatic heterocycles. The van der Waals surface area contributed by atoms with E-state index in [1.807, 2.05) is 34.9 Å². The Morgan fingerprint density at radius 2 is 2.11 bits per heavy atom. The molecule has 2 aromatic heterocycles. The van der Waals surface area contributed by atoms with Crippen molar-refractivity contribution < 1.29 is 4.42 Å². The molecular formula is C14H20ClN3O. The molecule has 19 heavy (non-hydrogen) atoms. The van der Waals surface area contributed by atoms with Gasteiger partial charge in [0.15, 0.2) is 0 Å². The van der Waals surface area contributed by atoms with E-state index in [9.17, 15) is 0 Å². The maximum absolute atomic E-state index is 6.30. The molecule has 4 nitrogen and oxygen atoms in total. The zero-order valence-electron chi connectivity index (χ0n) is 12.0. The number of furan rings is 1. The molecule has 0 radical (unpaired) electrons. The molecule has 2 heterocycles. The molecule has 2 aromatic rings. The second-order valence-corrected chi connectivity index (χ2v) is 5.25. The van der Waals surface area contributed by atoms with E-state index in [0.29, 0.717) is 5.15 Å². The van der Waals surface area contributed by atoms with Crippen LogP contribution in [0, 0.1) is 20.8 Å². The molecule has 0 bridgehead atoms. The highest BCUT2D eigenvalue weighted by Crippen LogP contribution is 2.28. The first kappa shape index (κ1) is 14.2. The monoisotopic (exact) mass is 281 g/mol. The van der Waals surface area contributed by atoms with Crippen LogP contribution >= 0.6 is 11.6 Å². The van der Waals surface area contributed by atoms with Crippen LogP contribution in [-0.4, -0.2) is 16.8 Å². The predicted octanol–water partition coefficient (Wildman–Crippen LogP) is 3.09. The molecule has 1 unspecified atom stereocenters. The molecule has 0 saturated carbocycles. The van der Waals surface area contributed by atoms with E-state index in [1.165, 1.54) is 5.56 Å². The second-order valence-electron chi connectivity index (χ2n) is 4.89. The summed E-state index contributed by atoms with van der Waals surface area (Å²) in [5, 5.41) is 8.39. The third-order valence-corrected chi connectivity index (χ3v) is 3.95. The largest absolute Gasteiger partial charge is 0.466 e. The lowest BCUT2D eigenvalue weighted by atomic mass is 10.00. The fraction of sp³-hybridized carbons (Fsp3) is 0.500. The summed E-state index contributed by atoms with van der Waals surface area (Å²) >= 11 is 6.30. The number of rotatable bonds is 4. The maximum Gasteiger partial charge on any atom is 0.130 e. The first-order chi connectivity index (χ1) is 8.93. The lowest BCUT2D eigenvalue weighted by Gasteiger charge is -2.15. The van der Waals surface area contributed by atoms with Crippen LogP contribution in [0.4, 0.5) is 0 Å². The van der Waals surface area contributed by atoms with Crippen LogP contribution in [0.3, 0.4) is 0 Å². The van der Waals surface area contributed by atoms with Crippen molar-refractivity contribution >= 4 is 11.6 Å². The topological polar surface area (TPSA) is 43.0 Å². The number of nitrogens with one attached hydrogen (secondary N) is 1. The van der Waals surface area contributed by atoms with E-state index in [2.05, 4.69) is 16.5 Å². The van der Waals surface area contributed by atoms with Crippen molar-refractivity contribution in [1.82, 2.24) is 15.1 Å². The van der Waals surface area contributed by atoms with Crippen LogP contribution in [0.1, 0.15) is 34.4 Å². The van der Waals surface area contributed by atoms with Crippen LogP contribution in [0.15, 0.2) is 10.5 Å². The van der Waals surface area contributed by atoms with Crippen molar-refractivity contribution in [3.05, 3.63) is 39.6 Å². The molecule has 0 fully saturated rings. The molecule has 0 aliphatic carbocycles. The third-order valence-electron chi connectivity index (χ3n) is 3.48. The smallest absolute Gasteiger partial charge is 0.130 e. The van der Waals surface area contributed by atoms with E-state index in [-0.39, 0.29) is 6.04 Å². The highest BCUT2D eigenvalue weighted by molar-refractivity contribution is 6.30. The number of halogens is 1. The van der Waals surface area contributed by atoms with E-state index < -0.39 is 0 Å². The van der Waals surface area contributed by atoms with Gasteiger partial charge >= 0.3 is 0 Å². The summed E-state index contributed by atoms with van der Waals surface area (Å²) in [6, 6.07) is 2.26. The van der Waals surface area contributed by atoms with Crippen LogP contribution < -0.4 is 5.32 Å². The Labute approximate surface area is 118 Å². The molecule has 0 spiro atoms. The minimum Gasteiger partial charge on any atom is -0.466 e. The van der Waals surface area contributed by atoms with Crippen molar-refractivity contribution in [2.24, 2.45) is 7.05 Å². The highest BCUT2D eigenvalue weighted by Gasteiger charge is 2.20. The Kier molecular flexibility index (Phi) is 4.02. The maximum atomic E-state index is 6.30. The quantitative estimate of drug-likeness (QED) is 0.936. The Hall–Kier alpha value is -1.26. The standard InChI is InChI=1S/C14H20ClN3O/c1-8-6-12(10(3)19-8)13(16-4)7-11-9(2)17-18(5)14(11)15/h6,13,16H,7H2,1-5H3. The van der Waals surface area contributed by atoms with Crippen molar-refractivity contribution in [3.8, 4) is 0 Å². The average Bonchev–Trinajstić information content (AvgIpc) is 2.79. The molecular weight excluding hydrogens is 262 g/mol. The van der Waals surface area contributed by atoms with Crippen LogP contribution in [0.25, 0.3) is 0 Å². The first-order valence-corrected chi connectivity index (χ1v) is 6.74. The molecule has 2 rings (SSSR count). The van der Waals surface area contributed by atoms with Gasteiger partial charge in [0.2, 0.25) is 0 Å². The third kappa shape index (κ3) is 2.69. The van der Waals surface area contributed by atoms with Gasteiger partial charge in [0, 0.05) is 24.2 Å². The molecule has 0 aliphatic rings. The number of likely N-dealkylation sites (N-methyl/N-ethyl adjacent to an activating group) is 1. The fourth-order valence-electron chi connectivity index (χ4n) is 2.47. The van der Waals surface area contributed by atoms with Gasteiger partial charge in [-0.2, -0.15) is 5.10 Å². The van der Waals surface area contributed by atoms with Gasteiger partial charge in [-0.15, -0.1) is 0 Å². The van der Waals surface area contributed by atoms with E-state index in [0.717, 1.165) is 29.2 Å². The molecule has 0 saturated heterocycles. The SMILES string of the molecule is CNC(Cc1c(C)nn(C)c1Cl)c1cc(C)oc1C. The summed E-state index contributed by atoms with van der Waals surface area (Å²) in [6.07, 6.45) is 0.800. The summed E-state index contributed by atoms with van der Waals surface area (Å²) in [4.78, 5) is 0. The number of nitrogens with zero attached hydrogens (tertiary/aromatic N) is 2. The minimum atomic E-state index is 0.179. The normalized spacial score (nSPS) is 12.9. The predicted molar refractivity (Wildman–Crippen MR) is 76.6 cm³/mol. The van der Waals surface area contributed by atoms with Gasteiger partial charge in [0.1, 0.15) is 16.7 Å². The summed E-state index contributed by atoms with van der Waals surface area (Å²) < 4.78 is 7.32. The van der Waals surface area contributed by atoms with Crippen molar-refractivity contribution in [3.63, 3.8) is 0 Å². The van der Waals surface area contributed by atoms with Gasteiger partial charge in [-0.05, 0) is 40.3 Å². The van der Waals surface area contributed by atoms with Gasteiger partial charge in [0.05, 0.1) is 5.69 Å². The molecule has 5 heteroatoms. The van der Waals surface area contributed by atoms with E-state index in [4.69, 9.17) is 16.0 Å². The number of hydrogen-bond donors (Lipinski definition) is 1. The Balaban J connectivity index is 2.31. The molecule has 0 amide bonds. The molecule has 0 aromatic carbocycles. The Bertz CT molecular complexity index is 586. The summed E-state index contributed by atoms with van der Waals surface area (Å²) in [6.45, 7) is 5.94. The molecule has 1 atom stereocenters.